The monoisotopic (exact) mass is 279 g/mol. The summed E-state index contributed by atoms with van der Waals surface area (Å²) in [4.78, 5) is 8.90. The van der Waals surface area contributed by atoms with Crippen LogP contribution in [0.2, 0.25) is 0 Å². The molecule has 0 bridgehead atoms. The van der Waals surface area contributed by atoms with Crippen LogP contribution in [0.4, 0.5) is 13.2 Å². The first kappa shape index (κ1) is 16.1. The van der Waals surface area contributed by atoms with E-state index in [1.807, 2.05) is 0 Å². The number of piperazine rings is 1. The van der Waals surface area contributed by atoms with Crippen LogP contribution < -0.4 is 10.5 Å². The SMILES string of the molecule is NS(=O)(=O)N1CCNCC1.O=C(O)C(F)(F)F. The molecule has 0 aromatic heterocycles. The Labute approximate surface area is 95.6 Å². The molecule has 0 radical (unpaired) electrons. The zero-order valence-corrected chi connectivity index (χ0v) is 9.38. The number of rotatable bonds is 1. The average Bonchev–Trinajstić information content (AvgIpc) is 2.17. The first-order valence-electron chi connectivity index (χ1n) is 4.34. The molecule has 1 heterocycles. The van der Waals surface area contributed by atoms with Crippen molar-refractivity contribution in [1.82, 2.24) is 9.62 Å². The van der Waals surface area contributed by atoms with E-state index in [9.17, 15) is 21.6 Å². The highest BCUT2D eigenvalue weighted by atomic mass is 32.2. The lowest BCUT2D eigenvalue weighted by Gasteiger charge is -2.24. The number of alkyl halides is 3. The minimum atomic E-state index is -5.08. The molecular formula is C6H12F3N3O4S. The number of halogens is 3. The quantitative estimate of drug-likeness (QED) is 0.554. The summed E-state index contributed by atoms with van der Waals surface area (Å²) in [5.41, 5.74) is 0. The summed E-state index contributed by atoms with van der Waals surface area (Å²) in [6.07, 6.45) is -5.08. The van der Waals surface area contributed by atoms with Gasteiger partial charge in [-0.1, -0.05) is 0 Å². The van der Waals surface area contributed by atoms with Gasteiger partial charge >= 0.3 is 12.1 Å². The summed E-state index contributed by atoms with van der Waals surface area (Å²) < 4.78 is 54.3. The van der Waals surface area contributed by atoms with Gasteiger partial charge in [-0.05, 0) is 0 Å². The zero-order valence-electron chi connectivity index (χ0n) is 8.57. The first-order valence-corrected chi connectivity index (χ1v) is 5.84. The number of carboxylic acids is 1. The summed E-state index contributed by atoms with van der Waals surface area (Å²) in [6, 6.07) is 0. The van der Waals surface area contributed by atoms with Gasteiger partial charge in [-0.2, -0.15) is 25.9 Å². The molecule has 17 heavy (non-hydrogen) atoms. The van der Waals surface area contributed by atoms with Crippen molar-refractivity contribution < 1.29 is 31.5 Å². The average molecular weight is 279 g/mol. The van der Waals surface area contributed by atoms with Crippen LogP contribution in [0.15, 0.2) is 0 Å². The summed E-state index contributed by atoms with van der Waals surface area (Å²) in [5, 5.41) is 15.0. The first-order chi connectivity index (χ1) is 7.55. The number of hydrogen-bond acceptors (Lipinski definition) is 4. The fourth-order valence-corrected chi connectivity index (χ4v) is 1.59. The molecule has 7 nitrogen and oxygen atoms in total. The molecule has 0 spiro atoms. The molecule has 0 saturated carbocycles. The molecule has 0 unspecified atom stereocenters. The predicted molar refractivity (Wildman–Crippen MR) is 51.2 cm³/mol. The van der Waals surface area contributed by atoms with E-state index in [4.69, 9.17) is 15.0 Å². The second kappa shape index (κ2) is 6.14. The van der Waals surface area contributed by atoms with Gasteiger partial charge < -0.3 is 10.4 Å². The number of aliphatic carboxylic acids is 1. The normalized spacial score (nSPS) is 18.1. The zero-order chi connectivity index (χ0) is 13.7. The highest BCUT2D eigenvalue weighted by molar-refractivity contribution is 7.86. The van der Waals surface area contributed by atoms with E-state index in [2.05, 4.69) is 5.32 Å². The van der Waals surface area contributed by atoms with Crippen LogP contribution in [-0.2, 0) is 15.0 Å². The third kappa shape index (κ3) is 7.10. The predicted octanol–water partition coefficient (Wildman–Crippen LogP) is -1.27. The van der Waals surface area contributed by atoms with Crippen molar-refractivity contribution in [2.24, 2.45) is 5.14 Å². The maximum absolute atomic E-state index is 10.7. The highest BCUT2D eigenvalue weighted by Gasteiger charge is 2.38. The van der Waals surface area contributed by atoms with Crippen LogP contribution in [0.1, 0.15) is 0 Å². The van der Waals surface area contributed by atoms with E-state index in [-0.39, 0.29) is 0 Å². The maximum Gasteiger partial charge on any atom is 0.490 e. The third-order valence-corrected chi connectivity index (χ3v) is 2.76. The van der Waals surface area contributed by atoms with Crippen LogP contribution in [0.5, 0.6) is 0 Å². The van der Waals surface area contributed by atoms with E-state index >= 15 is 0 Å². The Morgan fingerprint density at radius 3 is 1.82 bits per heavy atom. The van der Waals surface area contributed by atoms with Gasteiger partial charge in [0.1, 0.15) is 0 Å². The van der Waals surface area contributed by atoms with Crippen molar-refractivity contribution in [3.05, 3.63) is 0 Å². The lowest BCUT2D eigenvalue weighted by molar-refractivity contribution is -0.192. The highest BCUT2D eigenvalue weighted by Crippen LogP contribution is 2.13. The Balaban J connectivity index is 0.000000325. The lowest BCUT2D eigenvalue weighted by atomic mass is 10.4. The van der Waals surface area contributed by atoms with Crippen LogP contribution in [-0.4, -0.2) is 56.2 Å². The standard InChI is InChI=1S/C4H11N3O2S.C2HF3O2/c5-10(8,9)7-3-1-6-2-4-7;3-2(4,5)1(6)7/h6H,1-4H2,(H2,5,8,9);(H,6,7). The van der Waals surface area contributed by atoms with Gasteiger partial charge in [0.05, 0.1) is 0 Å². The minimum absolute atomic E-state index is 0.485. The molecule has 1 fully saturated rings. The second-order valence-electron chi connectivity index (χ2n) is 3.00. The summed E-state index contributed by atoms with van der Waals surface area (Å²) in [7, 11) is -3.43. The molecular weight excluding hydrogens is 267 g/mol. The molecule has 11 heteroatoms. The summed E-state index contributed by atoms with van der Waals surface area (Å²) in [5.74, 6) is -2.76. The number of nitrogens with two attached hydrogens (primary N) is 1. The van der Waals surface area contributed by atoms with Crippen LogP contribution in [0, 0.1) is 0 Å². The smallest absolute Gasteiger partial charge is 0.475 e. The molecule has 1 rings (SSSR count). The van der Waals surface area contributed by atoms with E-state index in [1.54, 1.807) is 0 Å². The van der Waals surface area contributed by atoms with Crippen molar-refractivity contribution in [2.75, 3.05) is 26.2 Å². The van der Waals surface area contributed by atoms with E-state index < -0.39 is 22.4 Å². The number of hydrogen-bond donors (Lipinski definition) is 3. The molecule has 0 atom stereocenters. The minimum Gasteiger partial charge on any atom is -0.475 e. The number of carboxylic acid groups (broad SMARTS) is 1. The van der Waals surface area contributed by atoms with E-state index in [0.29, 0.717) is 26.2 Å². The van der Waals surface area contributed by atoms with Crippen molar-refractivity contribution in [2.45, 2.75) is 6.18 Å². The second-order valence-corrected chi connectivity index (χ2v) is 4.54. The Morgan fingerprint density at radius 1 is 1.29 bits per heavy atom. The Hall–Kier alpha value is -0.910. The molecule has 1 aliphatic rings. The molecule has 4 N–H and O–H groups in total. The van der Waals surface area contributed by atoms with E-state index in [1.165, 1.54) is 4.31 Å². The number of nitrogens with one attached hydrogen (secondary N) is 1. The van der Waals surface area contributed by atoms with Crippen molar-refractivity contribution in [1.29, 1.82) is 0 Å². The van der Waals surface area contributed by atoms with Gasteiger partial charge in [0, 0.05) is 26.2 Å². The third-order valence-electron chi connectivity index (χ3n) is 1.68. The van der Waals surface area contributed by atoms with Gasteiger partial charge in [0.15, 0.2) is 0 Å². The lowest BCUT2D eigenvalue weighted by Crippen LogP contribution is -2.48. The van der Waals surface area contributed by atoms with Crippen LogP contribution in [0.3, 0.4) is 0 Å². The van der Waals surface area contributed by atoms with Crippen LogP contribution in [0.25, 0.3) is 0 Å². The van der Waals surface area contributed by atoms with Crippen molar-refractivity contribution in [3.63, 3.8) is 0 Å². The van der Waals surface area contributed by atoms with Gasteiger partial charge in [0.25, 0.3) is 10.2 Å². The Kier molecular flexibility index (Phi) is 5.81. The molecule has 0 aromatic carbocycles. The fraction of sp³-hybridized carbons (Fsp3) is 0.833. The largest absolute Gasteiger partial charge is 0.490 e. The summed E-state index contributed by atoms with van der Waals surface area (Å²) >= 11 is 0. The van der Waals surface area contributed by atoms with Gasteiger partial charge in [-0.3, -0.25) is 0 Å². The topological polar surface area (TPSA) is 113 Å². The van der Waals surface area contributed by atoms with Gasteiger partial charge in [0.2, 0.25) is 0 Å². The van der Waals surface area contributed by atoms with E-state index in [0.717, 1.165) is 0 Å². The van der Waals surface area contributed by atoms with Crippen LogP contribution >= 0.6 is 0 Å². The van der Waals surface area contributed by atoms with Gasteiger partial charge in [-0.25, -0.2) is 9.93 Å². The molecule has 1 saturated heterocycles. The number of carbonyl (C=O) groups is 1. The fourth-order valence-electron chi connectivity index (χ4n) is 0.899. The molecule has 102 valence electrons. The molecule has 1 aliphatic heterocycles. The Morgan fingerprint density at radius 2 is 1.65 bits per heavy atom. The maximum atomic E-state index is 10.7. The number of nitrogens with zero attached hydrogens (tertiary/aromatic N) is 1. The molecule has 0 aromatic rings. The van der Waals surface area contributed by atoms with Crippen molar-refractivity contribution >= 4 is 16.2 Å². The summed E-state index contributed by atoms with van der Waals surface area (Å²) in [6.45, 7) is 2.35. The molecule has 0 amide bonds. The Bertz CT molecular complexity index is 350. The van der Waals surface area contributed by atoms with Gasteiger partial charge in [-0.15, -0.1) is 0 Å². The molecule has 0 aliphatic carbocycles. The van der Waals surface area contributed by atoms with Crippen molar-refractivity contribution in [3.8, 4) is 0 Å².